The van der Waals surface area contributed by atoms with Crippen LogP contribution in [0.2, 0.25) is 0 Å². The molecule has 0 unspecified atom stereocenters. The molecule has 11 aromatic rings. The molecule has 0 aliphatic carbocycles. The van der Waals surface area contributed by atoms with Gasteiger partial charge in [-0.25, -0.2) is 9.97 Å². The molecule has 0 amide bonds. The Balaban J connectivity index is 1.41. The van der Waals surface area contributed by atoms with Crippen LogP contribution in [0.1, 0.15) is 5.56 Å². The number of aromatic nitrogens is 5. The zero-order valence-electron chi connectivity index (χ0n) is 25.4. The van der Waals surface area contributed by atoms with Gasteiger partial charge in [0.15, 0.2) is 0 Å². The van der Waals surface area contributed by atoms with E-state index in [2.05, 4.69) is 106 Å². The Hall–Kier alpha value is -6.84. The predicted octanol–water partition coefficient (Wildman–Crippen LogP) is 9.96. The molecular weight excluding hydrogens is 589 g/mol. The zero-order valence-corrected chi connectivity index (χ0v) is 25.4. The van der Waals surface area contributed by atoms with E-state index in [9.17, 15) is 5.26 Å². The molecule has 6 nitrogen and oxygen atoms in total. The Labute approximate surface area is 272 Å². The summed E-state index contributed by atoms with van der Waals surface area (Å²) in [4.78, 5) is 15.2. The molecule has 5 heterocycles. The van der Waals surface area contributed by atoms with Crippen molar-refractivity contribution >= 4 is 81.7 Å². The highest BCUT2D eigenvalue weighted by atomic mass is 15.2. The van der Waals surface area contributed by atoms with Gasteiger partial charge in [0.25, 0.3) is 0 Å². The van der Waals surface area contributed by atoms with Gasteiger partial charge in [-0.15, -0.1) is 0 Å². The molecule has 48 heavy (non-hydrogen) atoms. The third-order valence-electron chi connectivity index (χ3n) is 9.89. The average molecular weight is 611 g/mol. The van der Waals surface area contributed by atoms with Gasteiger partial charge in [0, 0.05) is 44.1 Å². The Morgan fingerprint density at radius 2 is 1.35 bits per heavy atom. The van der Waals surface area contributed by atoms with E-state index in [1.807, 2.05) is 36.4 Å². The minimum atomic E-state index is 0.561. The second-order valence-corrected chi connectivity index (χ2v) is 12.4. The Bertz CT molecular complexity index is 3200. The second-order valence-electron chi connectivity index (χ2n) is 12.4. The Morgan fingerprint density at radius 1 is 0.562 bits per heavy atom. The van der Waals surface area contributed by atoms with Crippen molar-refractivity contribution in [2.45, 2.75) is 0 Å². The summed E-state index contributed by atoms with van der Waals surface area (Å²) < 4.78 is 4.67. The molecule has 220 valence electrons. The van der Waals surface area contributed by atoms with Crippen molar-refractivity contribution < 1.29 is 0 Å². The summed E-state index contributed by atoms with van der Waals surface area (Å²) in [6.07, 6.45) is 1.77. The molecule has 0 spiro atoms. The van der Waals surface area contributed by atoms with Crippen LogP contribution in [0.4, 0.5) is 0 Å². The lowest BCUT2D eigenvalue weighted by atomic mass is 10.0. The normalized spacial score (nSPS) is 12.1. The van der Waals surface area contributed by atoms with Crippen molar-refractivity contribution in [3.05, 3.63) is 139 Å². The zero-order chi connectivity index (χ0) is 31.5. The van der Waals surface area contributed by atoms with Gasteiger partial charge in [0.05, 0.1) is 44.7 Å². The highest BCUT2D eigenvalue weighted by Crippen LogP contribution is 2.47. The summed E-state index contributed by atoms with van der Waals surface area (Å²) >= 11 is 0. The first kappa shape index (κ1) is 25.4. The average Bonchev–Trinajstić information content (AvgIpc) is 3.79. The summed E-state index contributed by atoms with van der Waals surface area (Å²) in [5.41, 5.74) is 9.19. The van der Waals surface area contributed by atoms with E-state index in [4.69, 9.17) is 15.0 Å². The summed E-state index contributed by atoms with van der Waals surface area (Å²) in [6.45, 7) is 0. The summed E-state index contributed by atoms with van der Waals surface area (Å²) in [5, 5.41) is 19.3. The lowest BCUT2D eigenvalue weighted by Gasteiger charge is -2.12. The predicted molar refractivity (Wildman–Crippen MR) is 194 cm³/mol. The minimum absolute atomic E-state index is 0.561. The second kappa shape index (κ2) is 9.12. The molecule has 0 atom stereocenters. The maximum atomic E-state index is 9.73. The third kappa shape index (κ3) is 3.17. The molecule has 0 fully saturated rings. The van der Waals surface area contributed by atoms with Gasteiger partial charge in [-0.1, -0.05) is 78.9 Å². The van der Waals surface area contributed by atoms with Crippen molar-refractivity contribution in [2.24, 2.45) is 0 Å². The van der Waals surface area contributed by atoms with E-state index in [0.717, 1.165) is 27.5 Å². The number of rotatable bonds is 2. The largest absolute Gasteiger partial charge is 0.308 e. The van der Waals surface area contributed by atoms with Crippen LogP contribution in [-0.2, 0) is 0 Å². The van der Waals surface area contributed by atoms with Crippen LogP contribution in [0.3, 0.4) is 0 Å². The lowest BCUT2D eigenvalue weighted by molar-refractivity contribution is 1.01. The number of nitrogens with zero attached hydrogens (tertiary/aromatic N) is 6. The van der Waals surface area contributed by atoms with Crippen LogP contribution < -0.4 is 0 Å². The van der Waals surface area contributed by atoms with Gasteiger partial charge in [-0.2, -0.15) is 5.26 Å². The summed E-state index contributed by atoms with van der Waals surface area (Å²) in [7, 11) is 0. The molecule has 6 aromatic carbocycles. The number of hydrogen-bond acceptors (Lipinski definition) is 4. The van der Waals surface area contributed by atoms with Gasteiger partial charge >= 0.3 is 0 Å². The number of benzene rings is 6. The standard InChI is InChI=1S/C42H22N6/c43-23-24-9-7-11-26(21-24)38-39-32(15-8-20-44-39)45-42(46-38)48-35-19-18-25-10-1-2-12-27(25)36(35)31-22-30-28-13-3-5-16-33(28)47-34-17-6-4-14-29(34)37(40(30)47)41(31)48/h1-22H. The van der Waals surface area contributed by atoms with Crippen LogP contribution in [0, 0.1) is 11.3 Å². The fourth-order valence-electron chi connectivity index (χ4n) is 7.98. The van der Waals surface area contributed by atoms with Crippen molar-refractivity contribution in [2.75, 3.05) is 0 Å². The fourth-order valence-corrected chi connectivity index (χ4v) is 7.98. The van der Waals surface area contributed by atoms with Crippen molar-refractivity contribution in [1.29, 1.82) is 5.26 Å². The number of pyridine rings is 1. The molecule has 0 radical (unpaired) electrons. The van der Waals surface area contributed by atoms with Crippen LogP contribution in [0.25, 0.3) is 98.9 Å². The molecule has 0 aliphatic heterocycles. The molecule has 0 N–H and O–H groups in total. The number of nitriles is 1. The van der Waals surface area contributed by atoms with Crippen LogP contribution in [0.5, 0.6) is 0 Å². The molecule has 5 aromatic heterocycles. The molecule has 0 bridgehead atoms. The third-order valence-corrected chi connectivity index (χ3v) is 9.89. The lowest BCUT2D eigenvalue weighted by Crippen LogP contribution is -2.04. The van der Waals surface area contributed by atoms with Gasteiger partial charge in [0.1, 0.15) is 11.2 Å². The van der Waals surface area contributed by atoms with Crippen LogP contribution >= 0.6 is 0 Å². The smallest absolute Gasteiger partial charge is 0.235 e. The molecule has 11 rings (SSSR count). The number of hydrogen-bond donors (Lipinski definition) is 0. The van der Waals surface area contributed by atoms with E-state index < -0.39 is 0 Å². The topological polar surface area (TPSA) is 71.8 Å². The molecule has 6 heteroatoms. The quantitative estimate of drug-likeness (QED) is 0.195. The summed E-state index contributed by atoms with van der Waals surface area (Å²) in [5.74, 6) is 0.561. The Morgan fingerprint density at radius 3 is 2.23 bits per heavy atom. The maximum Gasteiger partial charge on any atom is 0.235 e. The van der Waals surface area contributed by atoms with E-state index in [0.29, 0.717) is 22.7 Å². The molecule has 0 aliphatic rings. The minimum Gasteiger partial charge on any atom is -0.308 e. The van der Waals surface area contributed by atoms with Gasteiger partial charge < -0.3 is 4.40 Å². The Kier molecular flexibility index (Phi) is 4.82. The van der Waals surface area contributed by atoms with Crippen molar-refractivity contribution in [3.8, 4) is 23.3 Å². The van der Waals surface area contributed by atoms with Crippen molar-refractivity contribution in [3.63, 3.8) is 0 Å². The van der Waals surface area contributed by atoms with Crippen LogP contribution in [0.15, 0.2) is 134 Å². The maximum absolute atomic E-state index is 9.73. The first-order chi connectivity index (χ1) is 23.8. The molecule has 0 saturated heterocycles. The summed E-state index contributed by atoms with van der Waals surface area (Å²) in [6, 6.07) is 46.5. The van der Waals surface area contributed by atoms with Gasteiger partial charge in [-0.05, 0) is 59.3 Å². The number of para-hydroxylation sites is 2. The molecule has 0 saturated carbocycles. The van der Waals surface area contributed by atoms with Crippen LogP contribution in [-0.4, -0.2) is 23.9 Å². The van der Waals surface area contributed by atoms with Gasteiger partial charge in [0.2, 0.25) is 5.95 Å². The van der Waals surface area contributed by atoms with E-state index in [-0.39, 0.29) is 0 Å². The molecular formula is C42H22N6. The first-order valence-electron chi connectivity index (χ1n) is 15.9. The van der Waals surface area contributed by atoms with E-state index in [1.54, 1.807) is 6.20 Å². The SMILES string of the molecule is N#Cc1cccc(-c2nc(-n3c4ccc5ccccc5c4c4cc5c6ccccc6n6c7ccccc7c(c43)c56)nc3cccnc23)c1. The number of fused-ring (bicyclic) bond motifs is 13. The van der Waals surface area contributed by atoms with E-state index >= 15 is 0 Å². The highest BCUT2D eigenvalue weighted by molar-refractivity contribution is 6.36. The monoisotopic (exact) mass is 610 g/mol. The first-order valence-corrected chi connectivity index (χ1v) is 15.9. The van der Waals surface area contributed by atoms with E-state index in [1.165, 1.54) is 54.3 Å². The van der Waals surface area contributed by atoms with Crippen molar-refractivity contribution in [1.82, 2.24) is 23.9 Å². The van der Waals surface area contributed by atoms with Gasteiger partial charge in [-0.3, -0.25) is 9.55 Å². The fraction of sp³-hybridized carbons (Fsp3) is 0. The highest BCUT2D eigenvalue weighted by Gasteiger charge is 2.26.